The highest BCUT2D eigenvalue weighted by Gasteiger charge is 2.30. The third-order valence-corrected chi connectivity index (χ3v) is 2.36. The van der Waals surface area contributed by atoms with E-state index in [1.165, 1.54) is 12.1 Å². The van der Waals surface area contributed by atoms with Crippen molar-refractivity contribution in [1.82, 2.24) is 10.6 Å². The minimum absolute atomic E-state index is 0.229. The molecule has 0 spiro atoms. The van der Waals surface area contributed by atoms with E-state index < -0.39 is 11.7 Å². The number of rotatable bonds is 5. The summed E-state index contributed by atoms with van der Waals surface area (Å²) in [5.74, 6) is -0.361. The zero-order valence-corrected chi connectivity index (χ0v) is 9.97. The molecule has 0 aliphatic rings. The summed E-state index contributed by atoms with van der Waals surface area (Å²) in [5, 5.41) is 5.56. The van der Waals surface area contributed by atoms with Gasteiger partial charge < -0.3 is 10.6 Å². The largest absolute Gasteiger partial charge is 0.416 e. The van der Waals surface area contributed by atoms with Gasteiger partial charge in [0.05, 0.1) is 5.56 Å². The predicted octanol–water partition coefficient (Wildman–Crippen LogP) is 2.04. The SMILES string of the molecule is CNCCCNC(=O)c1ccc(C(F)(F)F)cc1. The average molecular weight is 260 g/mol. The van der Waals surface area contributed by atoms with Gasteiger partial charge in [-0.05, 0) is 44.3 Å². The van der Waals surface area contributed by atoms with Gasteiger partial charge in [0, 0.05) is 12.1 Å². The van der Waals surface area contributed by atoms with Gasteiger partial charge in [-0.2, -0.15) is 13.2 Å². The monoisotopic (exact) mass is 260 g/mol. The number of halogens is 3. The van der Waals surface area contributed by atoms with Crippen LogP contribution < -0.4 is 10.6 Å². The second-order valence-electron chi connectivity index (χ2n) is 3.79. The fourth-order valence-corrected chi connectivity index (χ4v) is 1.38. The molecule has 2 N–H and O–H groups in total. The van der Waals surface area contributed by atoms with Crippen LogP contribution in [0.25, 0.3) is 0 Å². The lowest BCUT2D eigenvalue weighted by atomic mass is 10.1. The summed E-state index contributed by atoms with van der Waals surface area (Å²) in [6, 6.07) is 4.16. The highest BCUT2D eigenvalue weighted by atomic mass is 19.4. The third-order valence-electron chi connectivity index (χ3n) is 2.36. The van der Waals surface area contributed by atoms with E-state index in [1.807, 2.05) is 0 Å². The summed E-state index contributed by atoms with van der Waals surface area (Å²) in [7, 11) is 1.80. The maximum atomic E-state index is 12.3. The van der Waals surface area contributed by atoms with E-state index >= 15 is 0 Å². The Balaban J connectivity index is 2.54. The molecule has 0 unspecified atom stereocenters. The summed E-state index contributed by atoms with van der Waals surface area (Å²) >= 11 is 0. The van der Waals surface area contributed by atoms with Gasteiger partial charge in [0.1, 0.15) is 0 Å². The highest BCUT2D eigenvalue weighted by molar-refractivity contribution is 5.94. The Hall–Kier alpha value is -1.56. The summed E-state index contributed by atoms with van der Waals surface area (Å²) in [5.41, 5.74) is -0.526. The Bertz CT molecular complexity index is 387. The van der Waals surface area contributed by atoms with Gasteiger partial charge in [-0.15, -0.1) is 0 Å². The van der Waals surface area contributed by atoms with Crippen LogP contribution in [0.4, 0.5) is 13.2 Å². The molecule has 18 heavy (non-hydrogen) atoms. The number of nitrogens with one attached hydrogen (secondary N) is 2. The first kappa shape index (κ1) is 14.5. The van der Waals surface area contributed by atoms with Gasteiger partial charge in [0.2, 0.25) is 0 Å². The Kier molecular flexibility index (Phi) is 5.15. The molecular formula is C12H15F3N2O. The molecule has 0 radical (unpaired) electrons. The fourth-order valence-electron chi connectivity index (χ4n) is 1.38. The first-order chi connectivity index (χ1) is 8.45. The van der Waals surface area contributed by atoms with Crippen molar-refractivity contribution in [2.45, 2.75) is 12.6 Å². The predicted molar refractivity (Wildman–Crippen MR) is 62.3 cm³/mol. The summed E-state index contributed by atoms with van der Waals surface area (Å²) < 4.78 is 36.9. The number of benzene rings is 1. The van der Waals surface area contributed by atoms with Gasteiger partial charge in [0.25, 0.3) is 5.91 Å². The summed E-state index contributed by atoms with van der Waals surface area (Å²) in [6.07, 6.45) is -3.61. The van der Waals surface area contributed by atoms with E-state index in [0.29, 0.717) is 6.54 Å². The second-order valence-corrected chi connectivity index (χ2v) is 3.79. The third kappa shape index (κ3) is 4.37. The Morgan fingerprint density at radius 1 is 1.17 bits per heavy atom. The molecule has 0 aliphatic carbocycles. The van der Waals surface area contributed by atoms with E-state index in [0.717, 1.165) is 25.1 Å². The van der Waals surface area contributed by atoms with Crippen LogP contribution in [0.2, 0.25) is 0 Å². The standard InChI is InChI=1S/C12H15F3N2O/c1-16-7-2-8-17-11(18)9-3-5-10(6-4-9)12(13,14)15/h3-6,16H,2,7-8H2,1H3,(H,17,18). The van der Waals surface area contributed by atoms with Crippen molar-refractivity contribution in [1.29, 1.82) is 0 Å². The molecule has 0 fully saturated rings. The molecule has 1 amide bonds. The Labute approximate surface area is 103 Å². The van der Waals surface area contributed by atoms with E-state index in [2.05, 4.69) is 10.6 Å². The smallest absolute Gasteiger partial charge is 0.352 e. The van der Waals surface area contributed by atoms with Gasteiger partial charge in [-0.1, -0.05) is 0 Å². The normalized spacial score (nSPS) is 11.3. The van der Waals surface area contributed by atoms with Crippen LogP contribution in [-0.2, 0) is 6.18 Å². The van der Waals surface area contributed by atoms with Crippen LogP contribution in [0, 0.1) is 0 Å². The summed E-state index contributed by atoms with van der Waals surface area (Å²) in [6.45, 7) is 1.26. The molecule has 0 saturated heterocycles. The first-order valence-electron chi connectivity index (χ1n) is 5.55. The molecular weight excluding hydrogens is 245 g/mol. The number of alkyl halides is 3. The molecule has 1 aromatic rings. The molecule has 0 atom stereocenters. The van der Waals surface area contributed by atoms with Crippen molar-refractivity contribution in [2.24, 2.45) is 0 Å². The lowest BCUT2D eigenvalue weighted by molar-refractivity contribution is -0.137. The zero-order chi connectivity index (χ0) is 13.6. The molecule has 0 saturated carbocycles. The maximum absolute atomic E-state index is 12.3. The molecule has 1 aromatic carbocycles. The van der Waals surface area contributed by atoms with Gasteiger partial charge >= 0.3 is 6.18 Å². The molecule has 3 nitrogen and oxygen atoms in total. The van der Waals surface area contributed by atoms with Crippen molar-refractivity contribution in [3.8, 4) is 0 Å². The first-order valence-corrected chi connectivity index (χ1v) is 5.55. The van der Waals surface area contributed by atoms with E-state index in [4.69, 9.17) is 0 Å². The van der Waals surface area contributed by atoms with Crippen LogP contribution in [0.5, 0.6) is 0 Å². The lowest BCUT2D eigenvalue weighted by Crippen LogP contribution is -2.26. The van der Waals surface area contributed by atoms with Crippen molar-refractivity contribution < 1.29 is 18.0 Å². The van der Waals surface area contributed by atoms with Crippen LogP contribution in [0.3, 0.4) is 0 Å². The average Bonchev–Trinajstić information content (AvgIpc) is 2.33. The van der Waals surface area contributed by atoms with Crippen molar-refractivity contribution in [2.75, 3.05) is 20.1 Å². The van der Waals surface area contributed by atoms with E-state index in [1.54, 1.807) is 7.05 Å². The topological polar surface area (TPSA) is 41.1 Å². The molecule has 0 aliphatic heterocycles. The molecule has 0 aromatic heterocycles. The number of carbonyl (C=O) groups excluding carboxylic acids is 1. The van der Waals surface area contributed by atoms with Gasteiger partial charge in [-0.3, -0.25) is 4.79 Å². The Morgan fingerprint density at radius 3 is 2.28 bits per heavy atom. The molecule has 6 heteroatoms. The number of hydrogen-bond acceptors (Lipinski definition) is 2. The van der Waals surface area contributed by atoms with Crippen molar-refractivity contribution >= 4 is 5.91 Å². The summed E-state index contributed by atoms with van der Waals surface area (Å²) in [4.78, 5) is 11.6. The molecule has 1 rings (SSSR count). The van der Waals surface area contributed by atoms with Crippen molar-refractivity contribution in [3.05, 3.63) is 35.4 Å². The Morgan fingerprint density at radius 2 is 1.78 bits per heavy atom. The van der Waals surface area contributed by atoms with Gasteiger partial charge in [0.15, 0.2) is 0 Å². The maximum Gasteiger partial charge on any atom is 0.416 e. The lowest BCUT2D eigenvalue weighted by Gasteiger charge is -2.08. The minimum atomic E-state index is -4.37. The molecule has 0 bridgehead atoms. The van der Waals surface area contributed by atoms with Crippen LogP contribution >= 0.6 is 0 Å². The molecule has 0 heterocycles. The minimum Gasteiger partial charge on any atom is -0.352 e. The van der Waals surface area contributed by atoms with E-state index in [-0.39, 0.29) is 11.5 Å². The van der Waals surface area contributed by atoms with E-state index in [9.17, 15) is 18.0 Å². The second kappa shape index (κ2) is 6.39. The number of amides is 1. The van der Waals surface area contributed by atoms with Crippen LogP contribution in [0.1, 0.15) is 22.3 Å². The van der Waals surface area contributed by atoms with Crippen LogP contribution in [0.15, 0.2) is 24.3 Å². The highest BCUT2D eigenvalue weighted by Crippen LogP contribution is 2.28. The van der Waals surface area contributed by atoms with Crippen molar-refractivity contribution in [3.63, 3.8) is 0 Å². The fraction of sp³-hybridized carbons (Fsp3) is 0.417. The quantitative estimate of drug-likeness (QED) is 0.795. The number of hydrogen-bond donors (Lipinski definition) is 2. The zero-order valence-electron chi connectivity index (χ0n) is 9.97. The van der Waals surface area contributed by atoms with Crippen LogP contribution in [-0.4, -0.2) is 26.0 Å². The van der Waals surface area contributed by atoms with Gasteiger partial charge in [-0.25, -0.2) is 0 Å². The molecule has 100 valence electrons. The number of carbonyl (C=O) groups is 1.